The van der Waals surface area contributed by atoms with Crippen molar-refractivity contribution in [3.8, 4) is 5.88 Å². The minimum absolute atomic E-state index is 0.0795. The van der Waals surface area contributed by atoms with Crippen molar-refractivity contribution in [2.45, 2.75) is 6.61 Å². The van der Waals surface area contributed by atoms with E-state index in [0.29, 0.717) is 0 Å². The maximum Gasteiger partial charge on any atom is 0.321 e. The zero-order valence-corrected chi connectivity index (χ0v) is 15.5. The number of hydrogen-bond acceptors (Lipinski definition) is 5. The summed E-state index contributed by atoms with van der Waals surface area (Å²) in [5.74, 6) is -0.583. The molecule has 3 amide bonds. The highest BCUT2D eigenvalue weighted by Crippen LogP contribution is 2.31. The molecule has 122 valence electrons. The van der Waals surface area contributed by atoms with Crippen LogP contribution < -0.4 is 15.8 Å². The van der Waals surface area contributed by atoms with Crippen molar-refractivity contribution in [2.24, 2.45) is 5.73 Å². The molecule has 0 aliphatic carbocycles. The Kier molecular flexibility index (Phi) is 5.77. The molecule has 0 fully saturated rings. The van der Waals surface area contributed by atoms with Gasteiger partial charge in [0.15, 0.2) is 0 Å². The Labute approximate surface area is 151 Å². The average molecular weight is 446 g/mol. The van der Waals surface area contributed by atoms with E-state index in [4.69, 9.17) is 10.5 Å². The predicted molar refractivity (Wildman–Crippen MR) is 96.8 cm³/mol. The summed E-state index contributed by atoms with van der Waals surface area (Å²) in [6, 6.07) is 7.38. The molecule has 0 atom stereocenters. The number of halogens is 1. The topological polar surface area (TPSA) is 97.6 Å². The van der Waals surface area contributed by atoms with Gasteiger partial charge in [0.05, 0.1) is 0 Å². The van der Waals surface area contributed by atoms with E-state index >= 15 is 0 Å². The van der Waals surface area contributed by atoms with Crippen molar-refractivity contribution in [1.82, 2.24) is 9.27 Å². The minimum atomic E-state index is -0.703. The van der Waals surface area contributed by atoms with E-state index in [1.54, 1.807) is 14.1 Å². The van der Waals surface area contributed by atoms with Crippen LogP contribution in [0.2, 0.25) is 0 Å². The van der Waals surface area contributed by atoms with Gasteiger partial charge in [-0.05, 0) is 51.8 Å². The van der Waals surface area contributed by atoms with Gasteiger partial charge < -0.3 is 15.4 Å². The van der Waals surface area contributed by atoms with Gasteiger partial charge in [0.25, 0.3) is 5.91 Å². The van der Waals surface area contributed by atoms with Crippen molar-refractivity contribution < 1.29 is 14.3 Å². The standard InChI is InChI=1S/C14H15IN4O3S/c1-19(2)14(21)17-13-10(11(16)20)12(18-23-13)22-7-8-4-3-5-9(15)6-8/h3-6H,7H2,1-2H3,(H2,16,20)(H,17,21). The molecule has 0 spiro atoms. The first-order valence-electron chi connectivity index (χ1n) is 6.53. The summed E-state index contributed by atoms with van der Waals surface area (Å²) in [7, 11) is 3.18. The molecule has 2 aromatic rings. The predicted octanol–water partition coefficient (Wildman–Crippen LogP) is 2.52. The number of anilines is 1. The lowest BCUT2D eigenvalue weighted by molar-refractivity contribution is 0.0996. The molecule has 2 rings (SSSR count). The second kappa shape index (κ2) is 7.59. The summed E-state index contributed by atoms with van der Waals surface area (Å²) in [6.45, 7) is 0.252. The van der Waals surface area contributed by atoms with Gasteiger partial charge in [-0.15, -0.1) is 0 Å². The summed E-state index contributed by atoms with van der Waals surface area (Å²) >= 11 is 3.16. The number of nitrogens with two attached hydrogens (primary N) is 1. The minimum Gasteiger partial charge on any atom is -0.472 e. The zero-order valence-electron chi connectivity index (χ0n) is 12.5. The maximum absolute atomic E-state index is 11.7. The van der Waals surface area contributed by atoms with Crippen molar-refractivity contribution in [3.63, 3.8) is 0 Å². The first-order valence-corrected chi connectivity index (χ1v) is 8.38. The summed E-state index contributed by atoms with van der Waals surface area (Å²) in [5, 5.41) is 2.85. The number of hydrogen-bond donors (Lipinski definition) is 2. The Balaban J connectivity index is 2.17. The third-order valence-electron chi connectivity index (χ3n) is 2.80. The fraction of sp³-hybridized carbons (Fsp3) is 0.214. The van der Waals surface area contributed by atoms with Gasteiger partial charge >= 0.3 is 6.03 Å². The van der Waals surface area contributed by atoms with E-state index in [-0.39, 0.29) is 29.1 Å². The van der Waals surface area contributed by atoms with Crippen molar-refractivity contribution in [3.05, 3.63) is 39.0 Å². The number of carbonyl (C=O) groups excluding carboxylic acids is 2. The molecule has 0 saturated carbocycles. The number of rotatable bonds is 5. The van der Waals surface area contributed by atoms with Gasteiger partial charge in [-0.25, -0.2) is 4.79 Å². The van der Waals surface area contributed by atoms with Crippen LogP contribution in [0.4, 0.5) is 9.80 Å². The number of nitrogens with one attached hydrogen (secondary N) is 1. The highest BCUT2D eigenvalue weighted by Gasteiger charge is 2.22. The Morgan fingerprint density at radius 3 is 2.78 bits per heavy atom. The largest absolute Gasteiger partial charge is 0.472 e. The van der Waals surface area contributed by atoms with Crippen LogP contribution in [0.1, 0.15) is 15.9 Å². The van der Waals surface area contributed by atoms with Gasteiger partial charge in [0.2, 0.25) is 5.88 Å². The molecule has 0 bridgehead atoms. The first-order chi connectivity index (χ1) is 10.9. The Morgan fingerprint density at radius 2 is 2.17 bits per heavy atom. The van der Waals surface area contributed by atoms with Crippen molar-refractivity contribution in [1.29, 1.82) is 0 Å². The monoisotopic (exact) mass is 446 g/mol. The average Bonchev–Trinajstić information content (AvgIpc) is 2.88. The molecule has 1 heterocycles. The fourth-order valence-corrected chi connectivity index (χ4v) is 3.00. The molecule has 1 aromatic heterocycles. The first kappa shape index (κ1) is 17.5. The number of ether oxygens (including phenoxy) is 1. The Morgan fingerprint density at radius 1 is 1.43 bits per heavy atom. The number of carbonyl (C=O) groups is 2. The number of benzene rings is 1. The van der Waals surface area contributed by atoms with Crippen molar-refractivity contribution >= 4 is 51.1 Å². The molecule has 3 N–H and O–H groups in total. The second-order valence-electron chi connectivity index (χ2n) is 4.80. The van der Waals surface area contributed by atoms with Crippen LogP contribution >= 0.6 is 34.1 Å². The molecule has 0 aliphatic heterocycles. The third kappa shape index (κ3) is 4.55. The third-order valence-corrected chi connectivity index (χ3v) is 4.22. The quantitative estimate of drug-likeness (QED) is 0.690. The number of amides is 3. The highest BCUT2D eigenvalue weighted by molar-refractivity contribution is 14.1. The summed E-state index contributed by atoms with van der Waals surface area (Å²) in [4.78, 5) is 24.7. The lowest BCUT2D eigenvalue weighted by atomic mass is 10.2. The SMILES string of the molecule is CN(C)C(=O)Nc1snc(OCc2cccc(I)c2)c1C(N)=O. The number of nitrogens with zero attached hydrogens (tertiary/aromatic N) is 2. The molecule has 9 heteroatoms. The molecule has 0 radical (unpaired) electrons. The maximum atomic E-state index is 11.7. The van der Waals surface area contributed by atoms with Crippen LogP contribution in [0.3, 0.4) is 0 Å². The highest BCUT2D eigenvalue weighted by atomic mass is 127. The summed E-state index contributed by atoms with van der Waals surface area (Å²) in [5.41, 5.74) is 6.41. The van der Waals surface area contributed by atoms with Gasteiger partial charge in [0.1, 0.15) is 17.2 Å². The summed E-state index contributed by atoms with van der Waals surface area (Å²) in [6.07, 6.45) is 0. The van der Waals surface area contributed by atoms with E-state index < -0.39 is 5.91 Å². The van der Waals surface area contributed by atoms with E-state index in [1.807, 2.05) is 24.3 Å². The number of urea groups is 1. The number of primary amides is 1. The van der Waals surface area contributed by atoms with Crippen LogP contribution in [0.15, 0.2) is 24.3 Å². The summed E-state index contributed by atoms with van der Waals surface area (Å²) < 4.78 is 10.7. The van der Waals surface area contributed by atoms with E-state index in [0.717, 1.165) is 20.7 Å². The van der Waals surface area contributed by atoms with Crippen LogP contribution in [-0.2, 0) is 6.61 Å². The van der Waals surface area contributed by atoms with Crippen LogP contribution in [0, 0.1) is 3.57 Å². The van der Waals surface area contributed by atoms with Gasteiger partial charge in [-0.3, -0.25) is 10.1 Å². The van der Waals surface area contributed by atoms with Gasteiger partial charge in [-0.2, -0.15) is 4.37 Å². The Hall–Kier alpha value is -1.88. The van der Waals surface area contributed by atoms with Gasteiger partial charge in [0, 0.05) is 17.7 Å². The smallest absolute Gasteiger partial charge is 0.321 e. The van der Waals surface area contributed by atoms with Crippen LogP contribution in [-0.4, -0.2) is 35.3 Å². The lowest BCUT2D eigenvalue weighted by Crippen LogP contribution is -2.28. The zero-order chi connectivity index (χ0) is 17.0. The fourth-order valence-electron chi connectivity index (χ4n) is 1.66. The lowest BCUT2D eigenvalue weighted by Gasteiger charge is -2.11. The molecule has 0 saturated heterocycles. The second-order valence-corrected chi connectivity index (χ2v) is 6.82. The van der Waals surface area contributed by atoms with Crippen molar-refractivity contribution in [2.75, 3.05) is 19.4 Å². The van der Waals surface area contributed by atoms with E-state index in [9.17, 15) is 9.59 Å². The van der Waals surface area contributed by atoms with Crippen LogP contribution in [0.5, 0.6) is 5.88 Å². The van der Waals surface area contributed by atoms with Crippen LogP contribution in [0.25, 0.3) is 0 Å². The molecule has 7 nitrogen and oxygen atoms in total. The van der Waals surface area contributed by atoms with Gasteiger partial charge in [-0.1, -0.05) is 12.1 Å². The van der Waals surface area contributed by atoms with E-state index in [1.165, 1.54) is 4.90 Å². The number of aromatic nitrogens is 1. The normalized spacial score (nSPS) is 10.2. The molecule has 0 unspecified atom stereocenters. The molecule has 0 aliphatic rings. The Bertz CT molecular complexity index is 733. The molecule has 1 aromatic carbocycles. The van der Waals surface area contributed by atoms with E-state index in [2.05, 4.69) is 32.3 Å². The molecular weight excluding hydrogens is 431 g/mol. The molecular formula is C14H15IN4O3S. The molecule has 23 heavy (non-hydrogen) atoms.